The van der Waals surface area contributed by atoms with E-state index in [1.165, 1.54) is 0 Å². The van der Waals surface area contributed by atoms with E-state index >= 15 is 0 Å². The number of aromatic nitrogens is 3. The van der Waals surface area contributed by atoms with E-state index in [2.05, 4.69) is 10.1 Å². The summed E-state index contributed by atoms with van der Waals surface area (Å²) >= 11 is 5.64. The average Bonchev–Trinajstić information content (AvgIpc) is 2.73. The standard InChI is InChI=1S/C11H12ClN3O/c1-15-5-4-10(14-15)8-16-11-3-2-9(6-12)13-7-11/h2-5,7H,6,8H2,1H3. The van der Waals surface area contributed by atoms with Crippen molar-refractivity contribution in [3.8, 4) is 5.75 Å². The zero-order chi connectivity index (χ0) is 11.4. The molecule has 2 heterocycles. The van der Waals surface area contributed by atoms with Crippen molar-refractivity contribution in [2.45, 2.75) is 12.5 Å². The average molecular weight is 238 g/mol. The molecule has 0 N–H and O–H groups in total. The van der Waals surface area contributed by atoms with Gasteiger partial charge in [-0.3, -0.25) is 9.67 Å². The van der Waals surface area contributed by atoms with E-state index in [9.17, 15) is 0 Å². The minimum absolute atomic E-state index is 0.417. The van der Waals surface area contributed by atoms with Gasteiger partial charge in [-0.1, -0.05) is 0 Å². The van der Waals surface area contributed by atoms with Crippen molar-refractivity contribution >= 4 is 11.6 Å². The number of ether oxygens (including phenoxy) is 1. The second kappa shape index (κ2) is 4.99. The molecule has 84 valence electrons. The van der Waals surface area contributed by atoms with Crippen molar-refractivity contribution in [3.63, 3.8) is 0 Å². The van der Waals surface area contributed by atoms with Gasteiger partial charge >= 0.3 is 0 Å². The predicted octanol–water partition coefficient (Wildman–Crippen LogP) is 2.13. The Kier molecular flexibility index (Phi) is 3.41. The van der Waals surface area contributed by atoms with Gasteiger partial charge in [0.25, 0.3) is 0 Å². The molecule has 0 fully saturated rings. The Bertz CT molecular complexity index is 453. The molecule has 0 saturated carbocycles. The van der Waals surface area contributed by atoms with Crippen LogP contribution in [0.1, 0.15) is 11.4 Å². The molecule has 5 heteroatoms. The van der Waals surface area contributed by atoms with Gasteiger partial charge in [0.2, 0.25) is 0 Å². The summed E-state index contributed by atoms with van der Waals surface area (Å²) in [7, 11) is 1.88. The topological polar surface area (TPSA) is 39.9 Å². The third-order valence-electron chi connectivity index (χ3n) is 2.09. The number of halogens is 1. The van der Waals surface area contributed by atoms with Gasteiger partial charge in [0.05, 0.1) is 23.5 Å². The van der Waals surface area contributed by atoms with E-state index in [0.29, 0.717) is 12.5 Å². The molecule has 16 heavy (non-hydrogen) atoms. The lowest BCUT2D eigenvalue weighted by atomic mass is 10.4. The maximum atomic E-state index is 5.64. The summed E-state index contributed by atoms with van der Waals surface area (Å²) in [6, 6.07) is 5.62. The van der Waals surface area contributed by atoms with Crippen LogP contribution in [0.5, 0.6) is 5.75 Å². The lowest BCUT2D eigenvalue weighted by molar-refractivity contribution is 0.298. The zero-order valence-corrected chi connectivity index (χ0v) is 9.68. The molecule has 0 atom stereocenters. The van der Waals surface area contributed by atoms with Gasteiger partial charge in [-0.25, -0.2) is 0 Å². The normalized spacial score (nSPS) is 10.4. The van der Waals surface area contributed by atoms with Crippen LogP contribution in [0.15, 0.2) is 30.6 Å². The molecule has 0 aromatic carbocycles. The van der Waals surface area contributed by atoms with Gasteiger partial charge in [-0.05, 0) is 18.2 Å². The predicted molar refractivity (Wildman–Crippen MR) is 61.3 cm³/mol. The van der Waals surface area contributed by atoms with Crippen LogP contribution in [0.4, 0.5) is 0 Å². The van der Waals surface area contributed by atoms with E-state index in [1.54, 1.807) is 10.9 Å². The largest absolute Gasteiger partial charge is 0.486 e. The Hall–Kier alpha value is -1.55. The monoisotopic (exact) mass is 237 g/mol. The highest BCUT2D eigenvalue weighted by atomic mass is 35.5. The van der Waals surface area contributed by atoms with Crippen molar-refractivity contribution in [1.29, 1.82) is 0 Å². The minimum atomic E-state index is 0.417. The summed E-state index contributed by atoms with van der Waals surface area (Å²) in [6.07, 6.45) is 3.55. The second-order valence-electron chi connectivity index (χ2n) is 3.39. The van der Waals surface area contributed by atoms with Gasteiger partial charge < -0.3 is 4.74 Å². The van der Waals surface area contributed by atoms with Crippen molar-refractivity contribution in [2.75, 3.05) is 0 Å². The summed E-state index contributed by atoms with van der Waals surface area (Å²) in [4.78, 5) is 4.13. The number of hydrogen-bond acceptors (Lipinski definition) is 3. The van der Waals surface area contributed by atoms with E-state index in [0.717, 1.165) is 17.1 Å². The number of alkyl halides is 1. The molecule has 4 nitrogen and oxygen atoms in total. The molecule has 0 spiro atoms. The molecule has 2 rings (SSSR count). The highest BCUT2D eigenvalue weighted by molar-refractivity contribution is 6.16. The molecular formula is C11H12ClN3O. The molecule has 0 saturated heterocycles. The third-order valence-corrected chi connectivity index (χ3v) is 2.36. The first-order valence-corrected chi connectivity index (χ1v) is 5.43. The summed E-state index contributed by atoms with van der Waals surface area (Å²) < 4.78 is 7.27. The lowest BCUT2D eigenvalue weighted by Gasteiger charge is -2.03. The first kappa shape index (κ1) is 11.0. The van der Waals surface area contributed by atoms with Gasteiger partial charge in [0.15, 0.2) is 0 Å². The highest BCUT2D eigenvalue weighted by Gasteiger charge is 1.99. The molecule has 0 amide bonds. The summed E-state index contributed by atoms with van der Waals surface area (Å²) in [5.41, 5.74) is 1.73. The molecule has 0 aliphatic rings. The van der Waals surface area contributed by atoms with E-state index in [1.807, 2.05) is 31.4 Å². The molecule has 0 radical (unpaired) electrons. The molecule has 2 aromatic rings. The zero-order valence-electron chi connectivity index (χ0n) is 8.93. The van der Waals surface area contributed by atoms with Gasteiger partial charge in [0.1, 0.15) is 12.4 Å². The summed E-state index contributed by atoms with van der Waals surface area (Å²) in [5.74, 6) is 1.14. The molecule has 0 unspecified atom stereocenters. The van der Waals surface area contributed by atoms with E-state index in [-0.39, 0.29) is 0 Å². The van der Waals surface area contributed by atoms with Crippen LogP contribution in [0.2, 0.25) is 0 Å². The van der Waals surface area contributed by atoms with Crippen LogP contribution in [-0.2, 0) is 19.5 Å². The van der Waals surface area contributed by atoms with Crippen LogP contribution in [0.25, 0.3) is 0 Å². The Morgan fingerprint density at radius 3 is 2.75 bits per heavy atom. The first-order chi connectivity index (χ1) is 7.78. The molecule has 2 aromatic heterocycles. The number of hydrogen-bond donors (Lipinski definition) is 0. The fourth-order valence-corrected chi connectivity index (χ4v) is 1.43. The number of pyridine rings is 1. The number of rotatable bonds is 4. The third kappa shape index (κ3) is 2.73. The summed E-state index contributed by atoms with van der Waals surface area (Å²) in [6.45, 7) is 0.447. The maximum absolute atomic E-state index is 5.64. The van der Waals surface area contributed by atoms with E-state index in [4.69, 9.17) is 16.3 Å². The molecule has 0 aliphatic carbocycles. The Morgan fingerprint density at radius 1 is 1.31 bits per heavy atom. The first-order valence-electron chi connectivity index (χ1n) is 4.90. The maximum Gasteiger partial charge on any atom is 0.138 e. The summed E-state index contributed by atoms with van der Waals surface area (Å²) in [5, 5.41) is 4.21. The highest BCUT2D eigenvalue weighted by Crippen LogP contribution is 2.12. The fourth-order valence-electron chi connectivity index (χ4n) is 1.27. The second-order valence-corrected chi connectivity index (χ2v) is 3.66. The van der Waals surface area contributed by atoms with Crippen LogP contribution in [0, 0.1) is 0 Å². The molecular weight excluding hydrogens is 226 g/mol. The van der Waals surface area contributed by atoms with E-state index < -0.39 is 0 Å². The van der Waals surface area contributed by atoms with Gasteiger partial charge in [-0.15, -0.1) is 11.6 Å². The van der Waals surface area contributed by atoms with Gasteiger partial charge in [0, 0.05) is 13.2 Å². The van der Waals surface area contributed by atoms with Crippen molar-refractivity contribution < 1.29 is 4.74 Å². The fraction of sp³-hybridized carbons (Fsp3) is 0.273. The number of aryl methyl sites for hydroxylation is 1. The van der Waals surface area contributed by atoms with Crippen LogP contribution < -0.4 is 4.74 Å². The van der Waals surface area contributed by atoms with Crippen molar-refractivity contribution in [2.24, 2.45) is 7.05 Å². The van der Waals surface area contributed by atoms with Crippen LogP contribution in [-0.4, -0.2) is 14.8 Å². The van der Waals surface area contributed by atoms with Crippen LogP contribution >= 0.6 is 11.6 Å². The molecule has 0 bridgehead atoms. The van der Waals surface area contributed by atoms with Crippen LogP contribution in [0.3, 0.4) is 0 Å². The quantitative estimate of drug-likeness (QED) is 0.765. The smallest absolute Gasteiger partial charge is 0.138 e. The lowest BCUT2D eigenvalue weighted by Crippen LogP contribution is -1.98. The number of nitrogens with zero attached hydrogens (tertiary/aromatic N) is 3. The molecule has 0 aliphatic heterocycles. The van der Waals surface area contributed by atoms with Gasteiger partial charge in [-0.2, -0.15) is 5.10 Å². The minimum Gasteiger partial charge on any atom is -0.486 e. The Balaban J connectivity index is 1.94. The van der Waals surface area contributed by atoms with Crippen molar-refractivity contribution in [1.82, 2.24) is 14.8 Å². The van der Waals surface area contributed by atoms with Crippen molar-refractivity contribution in [3.05, 3.63) is 42.0 Å². The SMILES string of the molecule is Cn1ccc(COc2ccc(CCl)nc2)n1. The Morgan fingerprint density at radius 2 is 2.19 bits per heavy atom. The Labute approximate surface area is 98.8 Å².